The summed E-state index contributed by atoms with van der Waals surface area (Å²) in [5, 5.41) is 0.477. The SMILES string of the molecule is CN(C)c1ncc(-c2ccccc2)c(Cl)n1. The van der Waals surface area contributed by atoms with Gasteiger partial charge in [-0.2, -0.15) is 0 Å². The topological polar surface area (TPSA) is 29.0 Å². The van der Waals surface area contributed by atoms with Gasteiger partial charge in [0.1, 0.15) is 5.15 Å². The first kappa shape index (κ1) is 10.9. The molecule has 1 heterocycles. The van der Waals surface area contributed by atoms with Gasteiger partial charge in [-0.1, -0.05) is 41.9 Å². The molecule has 0 saturated carbocycles. The summed E-state index contributed by atoms with van der Waals surface area (Å²) in [6, 6.07) is 9.86. The molecule has 0 N–H and O–H groups in total. The van der Waals surface area contributed by atoms with Gasteiger partial charge in [-0.3, -0.25) is 0 Å². The van der Waals surface area contributed by atoms with Crippen LogP contribution in [0.15, 0.2) is 36.5 Å². The Morgan fingerprint density at radius 3 is 2.38 bits per heavy atom. The summed E-state index contributed by atoms with van der Waals surface area (Å²) in [7, 11) is 3.77. The second kappa shape index (κ2) is 4.49. The average molecular weight is 234 g/mol. The minimum absolute atomic E-state index is 0.477. The molecule has 0 bridgehead atoms. The van der Waals surface area contributed by atoms with Crippen LogP contribution in [0.1, 0.15) is 0 Å². The molecule has 0 aliphatic carbocycles. The summed E-state index contributed by atoms with van der Waals surface area (Å²) in [5.74, 6) is 0.615. The maximum absolute atomic E-state index is 6.13. The van der Waals surface area contributed by atoms with Crippen LogP contribution in [-0.4, -0.2) is 24.1 Å². The van der Waals surface area contributed by atoms with Gasteiger partial charge in [-0.15, -0.1) is 0 Å². The molecule has 0 atom stereocenters. The van der Waals surface area contributed by atoms with E-state index >= 15 is 0 Å². The summed E-state index contributed by atoms with van der Waals surface area (Å²) in [4.78, 5) is 10.3. The molecule has 16 heavy (non-hydrogen) atoms. The van der Waals surface area contributed by atoms with Gasteiger partial charge in [0.2, 0.25) is 5.95 Å². The van der Waals surface area contributed by atoms with E-state index in [9.17, 15) is 0 Å². The van der Waals surface area contributed by atoms with Crippen LogP contribution in [0.3, 0.4) is 0 Å². The Labute approximate surface area is 99.7 Å². The lowest BCUT2D eigenvalue weighted by Gasteiger charge is -2.11. The fraction of sp³-hybridized carbons (Fsp3) is 0.167. The molecule has 2 aromatic rings. The maximum atomic E-state index is 6.13. The predicted molar refractivity (Wildman–Crippen MR) is 66.8 cm³/mol. The molecule has 82 valence electrons. The van der Waals surface area contributed by atoms with Crippen molar-refractivity contribution in [2.75, 3.05) is 19.0 Å². The van der Waals surface area contributed by atoms with Crippen molar-refractivity contribution >= 4 is 17.5 Å². The third kappa shape index (κ3) is 2.14. The molecule has 1 aromatic carbocycles. The highest BCUT2D eigenvalue weighted by molar-refractivity contribution is 6.32. The molecule has 0 radical (unpaired) electrons. The van der Waals surface area contributed by atoms with Gasteiger partial charge in [0, 0.05) is 25.9 Å². The van der Waals surface area contributed by atoms with E-state index in [1.54, 1.807) is 6.20 Å². The minimum Gasteiger partial charge on any atom is -0.347 e. The van der Waals surface area contributed by atoms with E-state index in [0.29, 0.717) is 11.1 Å². The number of aromatic nitrogens is 2. The minimum atomic E-state index is 0.477. The van der Waals surface area contributed by atoms with E-state index in [0.717, 1.165) is 11.1 Å². The molecule has 0 saturated heterocycles. The van der Waals surface area contributed by atoms with Crippen LogP contribution in [0.25, 0.3) is 11.1 Å². The summed E-state index contributed by atoms with van der Waals surface area (Å²) in [5.41, 5.74) is 1.88. The third-order valence-electron chi connectivity index (χ3n) is 2.21. The standard InChI is InChI=1S/C12H12ClN3/c1-16(2)12-14-8-10(11(13)15-12)9-6-4-3-5-7-9/h3-8H,1-2H3. The number of benzene rings is 1. The van der Waals surface area contributed by atoms with Crippen LogP contribution in [0, 0.1) is 0 Å². The molecule has 0 aliphatic rings. The van der Waals surface area contributed by atoms with E-state index in [-0.39, 0.29) is 0 Å². The van der Waals surface area contributed by atoms with Crippen molar-refractivity contribution in [2.45, 2.75) is 0 Å². The number of anilines is 1. The monoisotopic (exact) mass is 233 g/mol. The average Bonchev–Trinajstić information content (AvgIpc) is 2.30. The molecule has 2 rings (SSSR count). The van der Waals surface area contributed by atoms with Crippen LogP contribution in [0.5, 0.6) is 0 Å². The zero-order chi connectivity index (χ0) is 11.5. The molecule has 1 aromatic heterocycles. The van der Waals surface area contributed by atoms with E-state index in [1.807, 2.05) is 49.3 Å². The first-order chi connectivity index (χ1) is 7.68. The zero-order valence-corrected chi connectivity index (χ0v) is 9.94. The maximum Gasteiger partial charge on any atom is 0.226 e. The Morgan fingerprint density at radius 1 is 1.12 bits per heavy atom. The van der Waals surface area contributed by atoms with E-state index in [2.05, 4.69) is 9.97 Å². The number of halogens is 1. The van der Waals surface area contributed by atoms with Gasteiger partial charge in [-0.05, 0) is 5.56 Å². The molecule has 0 spiro atoms. The number of hydrogen-bond acceptors (Lipinski definition) is 3. The second-order valence-corrected chi connectivity index (χ2v) is 3.99. The first-order valence-electron chi connectivity index (χ1n) is 4.94. The highest BCUT2D eigenvalue weighted by Crippen LogP contribution is 2.26. The molecule has 4 heteroatoms. The lowest BCUT2D eigenvalue weighted by molar-refractivity contribution is 1.00. The van der Waals surface area contributed by atoms with Crippen molar-refractivity contribution in [3.05, 3.63) is 41.7 Å². The highest BCUT2D eigenvalue weighted by Gasteiger charge is 2.07. The molecule has 0 amide bonds. The van der Waals surface area contributed by atoms with E-state index < -0.39 is 0 Å². The van der Waals surface area contributed by atoms with Crippen LogP contribution < -0.4 is 4.90 Å². The fourth-order valence-electron chi connectivity index (χ4n) is 1.38. The van der Waals surface area contributed by atoms with Crippen molar-refractivity contribution in [3.63, 3.8) is 0 Å². The van der Waals surface area contributed by atoms with Crippen molar-refractivity contribution in [3.8, 4) is 11.1 Å². The van der Waals surface area contributed by atoms with Gasteiger partial charge in [0.25, 0.3) is 0 Å². The van der Waals surface area contributed by atoms with E-state index in [1.165, 1.54) is 0 Å². The number of hydrogen-bond donors (Lipinski definition) is 0. The van der Waals surface area contributed by atoms with Crippen molar-refractivity contribution < 1.29 is 0 Å². The summed E-state index contributed by atoms with van der Waals surface area (Å²) >= 11 is 6.13. The fourth-order valence-corrected chi connectivity index (χ4v) is 1.61. The molecule has 3 nitrogen and oxygen atoms in total. The van der Waals surface area contributed by atoms with Crippen LogP contribution in [0.2, 0.25) is 5.15 Å². The van der Waals surface area contributed by atoms with Crippen molar-refractivity contribution in [2.24, 2.45) is 0 Å². The van der Waals surface area contributed by atoms with Crippen LogP contribution in [0.4, 0.5) is 5.95 Å². The largest absolute Gasteiger partial charge is 0.347 e. The molecule has 0 aliphatic heterocycles. The van der Waals surface area contributed by atoms with Crippen molar-refractivity contribution in [1.29, 1.82) is 0 Å². The number of rotatable bonds is 2. The molecular formula is C12H12ClN3. The van der Waals surface area contributed by atoms with E-state index in [4.69, 9.17) is 11.6 Å². The Kier molecular flexibility index (Phi) is 3.06. The predicted octanol–water partition coefficient (Wildman–Crippen LogP) is 2.86. The molecular weight excluding hydrogens is 222 g/mol. The third-order valence-corrected chi connectivity index (χ3v) is 2.50. The lowest BCUT2D eigenvalue weighted by atomic mass is 10.1. The van der Waals surface area contributed by atoms with Gasteiger partial charge >= 0.3 is 0 Å². The van der Waals surface area contributed by atoms with Gasteiger partial charge in [-0.25, -0.2) is 9.97 Å². The summed E-state index contributed by atoms with van der Waals surface area (Å²) < 4.78 is 0. The Hall–Kier alpha value is -1.61. The summed E-state index contributed by atoms with van der Waals surface area (Å²) in [6.45, 7) is 0. The van der Waals surface area contributed by atoms with Crippen LogP contribution in [-0.2, 0) is 0 Å². The quantitative estimate of drug-likeness (QED) is 0.747. The zero-order valence-electron chi connectivity index (χ0n) is 9.18. The lowest BCUT2D eigenvalue weighted by Crippen LogP contribution is -2.12. The highest BCUT2D eigenvalue weighted by atomic mass is 35.5. The van der Waals surface area contributed by atoms with Crippen molar-refractivity contribution in [1.82, 2.24) is 9.97 Å². The second-order valence-electron chi connectivity index (χ2n) is 3.63. The van der Waals surface area contributed by atoms with Crippen LogP contribution >= 0.6 is 11.6 Å². The summed E-state index contributed by atoms with van der Waals surface area (Å²) in [6.07, 6.45) is 1.75. The molecule has 0 unspecified atom stereocenters. The van der Waals surface area contributed by atoms with Gasteiger partial charge < -0.3 is 4.90 Å². The Morgan fingerprint density at radius 2 is 1.81 bits per heavy atom. The smallest absolute Gasteiger partial charge is 0.226 e. The van der Waals surface area contributed by atoms with Gasteiger partial charge in [0.05, 0.1) is 0 Å². The first-order valence-corrected chi connectivity index (χ1v) is 5.31. The Bertz CT molecular complexity index is 483. The Balaban J connectivity index is 2.45. The number of nitrogens with zero attached hydrogens (tertiary/aromatic N) is 3. The molecule has 0 fully saturated rings. The van der Waals surface area contributed by atoms with Gasteiger partial charge in [0.15, 0.2) is 0 Å². The normalized spacial score (nSPS) is 10.2.